The number of amides is 2. The van der Waals surface area contributed by atoms with Crippen molar-refractivity contribution in [3.8, 4) is 11.5 Å². The Morgan fingerprint density at radius 2 is 1.61 bits per heavy atom. The van der Waals surface area contributed by atoms with Gasteiger partial charge in [0.2, 0.25) is 0 Å². The zero-order chi connectivity index (χ0) is 24.6. The van der Waals surface area contributed by atoms with E-state index in [1.54, 1.807) is 12.1 Å². The second kappa shape index (κ2) is 8.85. The number of nitrogens with one attached hydrogen (secondary N) is 1. The third-order valence-corrected chi connectivity index (χ3v) is 6.56. The summed E-state index contributed by atoms with van der Waals surface area (Å²) in [4.78, 5) is 15.6. The smallest absolute Gasteiger partial charge is 0.308 e. The first-order chi connectivity index (χ1) is 17.6. The first kappa shape index (κ1) is 21.9. The SMILES string of the molecule is Cc1nn(-c2ccccc2)c2c1CN(C(=O)Nc1ccc(F)cc1)C(c1ccccc1)c1cccn1-2. The van der Waals surface area contributed by atoms with E-state index >= 15 is 0 Å². The summed E-state index contributed by atoms with van der Waals surface area (Å²) >= 11 is 0. The van der Waals surface area contributed by atoms with Gasteiger partial charge in [-0.05, 0) is 61.0 Å². The predicted molar refractivity (Wildman–Crippen MR) is 137 cm³/mol. The van der Waals surface area contributed by atoms with Gasteiger partial charge in [0, 0.05) is 17.4 Å². The molecule has 3 heterocycles. The van der Waals surface area contributed by atoms with Crippen molar-refractivity contribution in [1.82, 2.24) is 19.2 Å². The maximum absolute atomic E-state index is 13.8. The summed E-state index contributed by atoms with van der Waals surface area (Å²) in [5.74, 6) is 0.563. The summed E-state index contributed by atoms with van der Waals surface area (Å²) in [6.45, 7) is 2.32. The number of aryl methyl sites for hydroxylation is 1. The molecule has 0 saturated heterocycles. The van der Waals surface area contributed by atoms with Crippen molar-refractivity contribution in [3.05, 3.63) is 132 Å². The van der Waals surface area contributed by atoms with E-state index in [0.717, 1.165) is 34.0 Å². The minimum Gasteiger partial charge on any atom is -0.308 e. The zero-order valence-corrected chi connectivity index (χ0v) is 19.7. The molecule has 0 fully saturated rings. The van der Waals surface area contributed by atoms with Crippen LogP contribution in [0.2, 0.25) is 0 Å². The lowest BCUT2D eigenvalue weighted by Gasteiger charge is -2.31. The average molecular weight is 478 g/mol. The van der Waals surface area contributed by atoms with Crippen molar-refractivity contribution >= 4 is 11.7 Å². The molecule has 0 saturated carbocycles. The zero-order valence-electron chi connectivity index (χ0n) is 19.7. The maximum atomic E-state index is 13.8. The molecule has 1 atom stereocenters. The maximum Gasteiger partial charge on any atom is 0.322 e. The van der Waals surface area contributed by atoms with Crippen molar-refractivity contribution in [2.24, 2.45) is 0 Å². The molecule has 6 rings (SSSR count). The standard InChI is InChI=1S/C29H24FN5O/c1-20-25-19-34(29(36)31-23-16-14-22(30)15-17-23)27(21-9-4-2-5-10-21)26-13-8-18-33(26)28(25)35(32-20)24-11-6-3-7-12-24/h2-18,27H,19H2,1H3,(H,31,36). The van der Waals surface area contributed by atoms with Crippen LogP contribution in [0.5, 0.6) is 0 Å². The van der Waals surface area contributed by atoms with Crippen LogP contribution >= 0.6 is 0 Å². The van der Waals surface area contributed by atoms with E-state index < -0.39 is 0 Å². The van der Waals surface area contributed by atoms with E-state index in [9.17, 15) is 9.18 Å². The van der Waals surface area contributed by atoms with Gasteiger partial charge in [0.05, 0.1) is 29.7 Å². The molecular weight excluding hydrogens is 453 g/mol. The Balaban J connectivity index is 1.52. The highest BCUT2D eigenvalue weighted by Gasteiger charge is 2.35. The van der Waals surface area contributed by atoms with Crippen LogP contribution in [0.4, 0.5) is 14.9 Å². The Morgan fingerprint density at radius 1 is 0.917 bits per heavy atom. The summed E-state index contributed by atoms with van der Waals surface area (Å²) in [5.41, 5.74) is 5.23. The van der Waals surface area contributed by atoms with Gasteiger partial charge in [-0.25, -0.2) is 13.9 Å². The Kier molecular flexibility index (Phi) is 5.37. The van der Waals surface area contributed by atoms with Gasteiger partial charge >= 0.3 is 6.03 Å². The van der Waals surface area contributed by atoms with Crippen LogP contribution in [0.25, 0.3) is 11.5 Å². The van der Waals surface area contributed by atoms with Gasteiger partial charge in [0.25, 0.3) is 0 Å². The number of anilines is 1. The Morgan fingerprint density at radius 3 is 2.33 bits per heavy atom. The molecule has 3 aromatic carbocycles. The number of rotatable bonds is 3. The lowest BCUT2D eigenvalue weighted by atomic mass is 10.0. The van der Waals surface area contributed by atoms with Crippen molar-refractivity contribution in [1.29, 1.82) is 0 Å². The average Bonchev–Trinajstić information content (AvgIpc) is 3.47. The lowest BCUT2D eigenvalue weighted by molar-refractivity contribution is 0.194. The number of hydrogen-bond acceptors (Lipinski definition) is 2. The quantitative estimate of drug-likeness (QED) is 0.334. The van der Waals surface area contributed by atoms with Crippen LogP contribution in [0.3, 0.4) is 0 Å². The molecule has 5 aromatic rings. The normalized spacial score (nSPS) is 14.6. The van der Waals surface area contributed by atoms with E-state index in [0.29, 0.717) is 12.2 Å². The van der Waals surface area contributed by atoms with Crippen molar-refractivity contribution in [2.45, 2.75) is 19.5 Å². The molecular formula is C29H24FN5O. The second-order valence-corrected chi connectivity index (χ2v) is 8.82. The van der Waals surface area contributed by atoms with Crippen LogP contribution < -0.4 is 5.32 Å². The van der Waals surface area contributed by atoms with Crippen LogP contribution in [0.1, 0.15) is 28.6 Å². The number of carbonyl (C=O) groups is 1. The van der Waals surface area contributed by atoms with Crippen LogP contribution in [0, 0.1) is 12.7 Å². The number of nitrogens with zero attached hydrogens (tertiary/aromatic N) is 4. The molecule has 0 spiro atoms. The van der Waals surface area contributed by atoms with Gasteiger partial charge in [-0.15, -0.1) is 0 Å². The van der Waals surface area contributed by atoms with Crippen molar-refractivity contribution in [2.75, 3.05) is 5.32 Å². The minimum absolute atomic E-state index is 0.275. The van der Waals surface area contributed by atoms with Crippen LogP contribution in [-0.2, 0) is 6.54 Å². The fraction of sp³-hybridized carbons (Fsp3) is 0.103. The van der Waals surface area contributed by atoms with E-state index in [-0.39, 0.29) is 17.9 Å². The molecule has 178 valence electrons. The third-order valence-electron chi connectivity index (χ3n) is 6.56. The fourth-order valence-electron chi connectivity index (χ4n) is 4.86. The summed E-state index contributed by atoms with van der Waals surface area (Å²) in [6, 6.07) is 29.2. The fourth-order valence-corrected chi connectivity index (χ4v) is 4.86. The molecule has 0 radical (unpaired) electrons. The molecule has 1 aliphatic heterocycles. The first-order valence-electron chi connectivity index (χ1n) is 11.8. The van der Waals surface area contributed by atoms with E-state index in [1.165, 1.54) is 12.1 Å². The number of urea groups is 1. The van der Waals surface area contributed by atoms with E-state index in [4.69, 9.17) is 5.10 Å². The van der Waals surface area contributed by atoms with E-state index in [2.05, 4.69) is 9.88 Å². The number of aromatic nitrogens is 3. The summed E-state index contributed by atoms with van der Waals surface area (Å²) in [6.07, 6.45) is 2.02. The first-order valence-corrected chi connectivity index (χ1v) is 11.8. The molecule has 36 heavy (non-hydrogen) atoms. The summed E-state index contributed by atoms with van der Waals surface area (Å²) in [5, 5.41) is 7.83. The number of halogens is 1. The number of benzene rings is 3. The molecule has 6 nitrogen and oxygen atoms in total. The summed E-state index contributed by atoms with van der Waals surface area (Å²) < 4.78 is 17.5. The van der Waals surface area contributed by atoms with Gasteiger partial charge in [0.1, 0.15) is 11.6 Å². The highest BCUT2D eigenvalue weighted by molar-refractivity contribution is 5.90. The molecule has 1 unspecified atom stereocenters. The topological polar surface area (TPSA) is 55.1 Å². The third kappa shape index (κ3) is 3.75. The van der Waals surface area contributed by atoms with Crippen molar-refractivity contribution < 1.29 is 9.18 Å². The molecule has 0 bridgehead atoms. The second-order valence-electron chi connectivity index (χ2n) is 8.82. The van der Waals surface area contributed by atoms with E-state index in [1.807, 2.05) is 95.5 Å². The number of hydrogen-bond donors (Lipinski definition) is 1. The molecule has 1 N–H and O–H groups in total. The number of para-hydroxylation sites is 1. The van der Waals surface area contributed by atoms with Gasteiger partial charge < -0.3 is 14.8 Å². The lowest BCUT2D eigenvalue weighted by Crippen LogP contribution is -2.38. The Bertz CT molecular complexity index is 1520. The molecule has 0 aliphatic carbocycles. The van der Waals surface area contributed by atoms with Gasteiger partial charge in [-0.1, -0.05) is 48.5 Å². The van der Waals surface area contributed by atoms with Crippen molar-refractivity contribution in [3.63, 3.8) is 0 Å². The van der Waals surface area contributed by atoms with Crippen LogP contribution in [-0.4, -0.2) is 25.3 Å². The Labute approximate surface area is 208 Å². The molecule has 2 aromatic heterocycles. The largest absolute Gasteiger partial charge is 0.322 e. The highest BCUT2D eigenvalue weighted by atomic mass is 19.1. The molecule has 2 amide bonds. The highest BCUT2D eigenvalue weighted by Crippen LogP contribution is 2.38. The minimum atomic E-state index is -0.351. The predicted octanol–water partition coefficient (Wildman–Crippen LogP) is 6.25. The number of fused-ring (bicyclic) bond motifs is 3. The van der Waals surface area contributed by atoms with Gasteiger partial charge in [-0.2, -0.15) is 5.10 Å². The number of carbonyl (C=O) groups excluding carboxylic acids is 1. The van der Waals surface area contributed by atoms with Gasteiger partial charge in [-0.3, -0.25) is 0 Å². The van der Waals surface area contributed by atoms with Crippen LogP contribution in [0.15, 0.2) is 103 Å². The molecule has 1 aliphatic rings. The Hall–Kier alpha value is -4.65. The summed E-state index contributed by atoms with van der Waals surface area (Å²) in [7, 11) is 0. The molecule has 7 heteroatoms. The monoisotopic (exact) mass is 477 g/mol. The van der Waals surface area contributed by atoms with Gasteiger partial charge in [0.15, 0.2) is 0 Å².